The molecule has 0 atom stereocenters. The highest BCUT2D eigenvalue weighted by Crippen LogP contribution is 2.26. The third-order valence-corrected chi connectivity index (χ3v) is 6.75. The molecule has 2 aromatic heterocycles. The molecule has 4 aromatic rings. The fourth-order valence-electron chi connectivity index (χ4n) is 4.40. The first-order chi connectivity index (χ1) is 18.0. The van der Waals surface area contributed by atoms with Crippen LogP contribution in [0.1, 0.15) is 23.6 Å². The van der Waals surface area contributed by atoms with E-state index in [9.17, 15) is 0 Å². The summed E-state index contributed by atoms with van der Waals surface area (Å²) in [6, 6.07) is 20.7. The number of aryl methyl sites for hydroxylation is 1. The lowest BCUT2D eigenvalue weighted by Gasteiger charge is -2.32. The molecule has 0 bridgehead atoms. The SMILES string of the molecule is CC(=Nc1ccc(C)c(Nc2nccc(-c3cccnc3)n2)c1)c1ccc(CN2CCN(C)CC2)cc1. The van der Waals surface area contributed by atoms with Gasteiger partial charge in [-0.2, -0.15) is 0 Å². The molecule has 0 unspecified atom stereocenters. The summed E-state index contributed by atoms with van der Waals surface area (Å²) >= 11 is 0. The van der Waals surface area contributed by atoms with Crippen LogP contribution in [0.4, 0.5) is 17.3 Å². The molecule has 37 heavy (non-hydrogen) atoms. The molecule has 0 radical (unpaired) electrons. The lowest BCUT2D eigenvalue weighted by molar-refractivity contribution is 0.148. The first kappa shape index (κ1) is 24.7. The van der Waals surface area contributed by atoms with Gasteiger partial charge < -0.3 is 10.2 Å². The molecule has 2 aromatic carbocycles. The highest BCUT2D eigenvalue weighted by molar-refractivity contribution is 6.00. The molecule has 1 saturated heterocycles. The van der Waals surface area contributed by atoms with Crippen LogP contribution in [0.5, 0.6) is 0 Å². The quantitative estimate of drug-likeness (QED) is 0.345. The van der Waals surface area contributed by atoms with E-state index in [1.165, 1.54) is 5.56 Å². The van der Waals surface area contributed by atoms with E-state index >= 15 is 0 Å². The zero-order valence-corrected chi connectivity index (χ0v) is 21.7. The van der Waals surface area contributed by atoms with Gasteiger partial charge in [-0.15, -0.1) is 0 Å². The molecule has 0 spiro atoms. The van der Waals surface area contributed by atoms with Crippen LogP contribution in [0.25, 0.3) is 11.3 Å². The van der Waals surface area contributed by atoms with Crippen molar-refractivity contribution in [2.75, 3.05) is 38.5 Å². The van der Waals surface area contributed by atoms with Gasteiger partial charge in [-0.25, -0.2) is 9.97 Å². The van der Waals surface area contributed by atoms with Crippen LogP contribution in [0.15, 0.2) is 84.2 Å². The molecule has 1 fully saturated rings. The Hall–Kier alpha value is -3.94. The van der Waals surface area contributed by atoms with Gasteiger partial charge in [0.25, 0.3) is 0 Å². The fourth-order valence-corrected chi connectivity index (χ4v) is 4.40. The van der Waals surface area contributed by atoms with Crippen LogP contribution in [0.2, 0.25) is 0 Å². The minimum atomic E-state index is 0.540. The lowest BCUT2D eigenvalue weighted by Crippen LogP contribution is -2.43. The van der Waals surface area contributed by atoms with Gasteiger partial charge in [0.05, 0.1) is 11.4 Å². The van der Waals surface area contributed by atoms with E-state index in [0.29, 0.717) is 5.95 Å². The zero-order valence-electron chi connectivity index (χ0n) is 21.7. The molecule has 5 rings (SSSR count). The molecule has 1 aliphatic heterocycles. The summed E-state index contributed by atoms with van der Waals surface area (Å²) in [6.45, 7) is 9.65. The maximum absolute atomic E-state index is 4.90. The van der Waals surface area contributed by atoms with Gasteiger partial charge in [0, 0.05) is 68.3 Å². The Morgan fingerprint density at radius 1 is 0.973 bits per heavy atom. The molecule has 0 saturated carbocycles. The average molecular weight is 492 g/mol. The van der Waals surface area contributed by atoms with Crippen LogP contribution >= 0.6 is 0 Å². The number of likely N-dealkylation sites (N-methyl/N-ethyl adjacent to an activating group) is 1. The predicted octanol–water partition coefficient (Wildman–Crippen LogP) is 5.48. The van der Waals surface area contributed by atoms with Crippen LogP contribution in [-0.2, 0) is 6.54 Å². The monoisotopic (exact) mass is 491 g/mol. The van der Waals surface area contributed by atoms with Gasteiger partial charge in [0.15, 0.2) is 0 Å². The molecular formula is C30H33N7. The third kappa shape index (κ3) is 6.44. The van der Waals surface area contributed by atoms with Crippen molar-refractivity contribution in [2.24, 2.45) is 4.99 Å². The second-order valence-corrected chi connectivity index (χ2v) is 9.60. The van der Waals surface area contributed by atoms with Crippen molar-refractivity contribution >= 4 is 23.0 Å². The van der Waals surface area contributed by atoms with E-state index < -0.39 is 0 Å². The minimum Gasteiger partial charge on any atom is -0.324 e. The van der Waals surface area contributed by atoms with Gasteiger partial charge in [0.2, 0.25) is 5.95 Å². The number of piperazine rings is 1. The van der Waals surface area contributed by atoms with Crippen molar-refractivity contribution in [1.82, 2.24) is 24.8 Å². The van der Waals surface area contributed by atoms with Crippen LogP contribution < -0.4 is 5.32 Å². The molecule has 0 amide bonds. The average Bonchev–Trinajstić information content (AvgIpc) is 2.93. The summed E-state index contributed by atoms with van der Waals surface area (Å²) in [4.78, 5) is 23.1. The van der Waals surface area contributed by atoms with Crippen molar-refractivity contribution in [1.29, 1.82) is 0 Å². The smallest absolute Gasteiger partial charge is 0.227 e. The maximum atomic E-state index is 4.90. The number of benzene rings is 2. The Kier molecular flexibility index (Phi) is 7.63. The zero-order chi connectivity index (χ0) is 25.6. The Morgan fingerprint density at radius 3 is 2.54 bits per heavy atom. The van der Waals surface area contributed by atoms with E-state index in [-0.39, 0.29) is 0 Å². The van der Waals surface area contributed by atoms with Gasteiger partial charge in [-0.3, -0.25) is 14.9 Å². The first-order valence-electron chi connectivity index (χ1n) is 12.7. The Balaban J connectivity index is 1.28. The summed E-state index contributed by atoms with van der Waals surface area (Å²) in [5.41, 5.74) is 8.14. The Bertz CT molecular complexity index is 1360. The number of aliphatic imine (C=N–C) groups is 1. The topological polar surface area (TPSA) is 69.5 Å². The minimum absolute atomic E-state index is 0.540. The van der Waals surface area contributed by atoms with Crippen molar-refractivity contribution in [3.05, 3.63) is 95.9 Å². The number of hydrogen-bond acceptors (Lipinski definition) is 7. The first-order valence-corrected chi connectivity index (χ1v) is 12.7. The molecule has 7 heteroatoms. The predicted molar refractivity (Wildman–Crippen MR) is 151 cm³/mol. The lowest BCUT2D eigenvalue weighted by atomic mass is 10.1. The second kappa shape index (κ2) is 11.4. The molecule has 188 valence electrons. The standard InChI is InChI=1S/C30H33N7/c1-22-6-11-27(19-29(22)35-30-32-14-12-28(34-30)26-5-4-13-31-20-26)33-23(2)25-9-7-24(8-10-25)21-37-17-15-36(3)16-18-37/h4-14,19-20H,15-18,21H2,1-3H3,(H,32,34,35). The van der Waals surface area contributed by atoms with Crippen LogP contribution in [0.3, 0.4) is 0 Å². The van der Waals surface area contributed by atoms with Gasteiger partial charge >= 0.3 is 0 Å². The largest absolute Gasteiger partial charge is 0.324 e. The highest BCUT2D eigenvalue weighted by atomic mass is 15.2. The number of rotatable bonds is 7. The molecule has 1 N–H and O–H groups in total. The Morgan fingerprint density at radius 2 is 1.78 bits per heavy atom. The maximum Gasteiger partial charge on any atom is 0.227 e. The number of aromatic nitrogens is 3. The summed E-state index contributed by atoms with van der Waals surface area (Å²) in [5.74, 6) is 0.540. The summed E-state index contributed by atoms with van der Waals surface area (Å²) in [6.07, 6.45) is 5.31. The normalized spacial score (nSPS) is 15.1. The van der Waals surface area contributed by atoms with Crippen molar-refractivity contribution in [3.63, 3.8) is 0 Å². The van der Waals surface area contributed by atoms with Gasteiger partial charge in [-0.05, 0) is 67.9 Å². The molecule has 0 aliphatic carbocycles. The van der Waals surface area contributed by atoms with Crippen molar-refractivity contribution < 1.29 is 0 Å². The van der Waals surface area contributed by atoms with Gasteiger partial charge in [-0.1, -0.05) is 30.3 Å². The number of anilines is 2. The fraction of sp³-hybridized carbons (Fsp3) is 0.267. The third-order valence-electron chi connectivity index (χ3n) is 6.75. The van der Waals surface area contributed by atoms with E-state index in [1.807, 2.05) is 30.3 Å². The highest BCUT2D eigenvalue weighted by Gasteiger charge is 2.14. The van der Waals surface area contributed by atoms with Crippen LogP contribution in [-0.4, -0.2) is 63.7 Å². The molecule has 1 aliphatic rings. The van der Waals surface area contributed by atoms with E-state index in [0.717, 1.165) is 72.2 Å². The number of nitrogens with one attached hydrogen (secondary N) is 1. The van der Waals surface area contributed by atoms with Crippen LogP contribution in [0, 0.1) is 6.92 Å². The number of nitrogens with zero attached hydrogens (tertiary/aromatic N) is 6. The Labute approximate surface area is 219 Å². The summed E-state index contributed by atoms with van der Waals surface area (Å²) in [7, 11) is 2.19. The number of pyridine rings is 1. The van der Waals surface area contributed by atoms with E-state index in [4.69, 9.17) is 4.99 Å². The summed E-state index contributed by atoms with van der Waals surface area (Å²) < 4.78 is 0. The second-order valence-electron chi connectivity index (χ2n) is 9.60. The molecule has 7 nitrogen and oxygen atoms in total. The summed E-state index contributed by atoms with van der Waals surface area (Å²) in [5, 5.41) is 3.37. The van der Waals surface area contributed by atoms with E-state index in [2.05, 4.69) is 81.3 Å². The van der Waals surface area contributed by atoms with Crippen molar-refractivity contribution in [2.45, 2.75) is 20.4 Å². The molecule has 3 heterocycles. The molecular weight excluding hydrogens is 458 g/mol. The number of hydrogen-bond donors (Lipinski definition) is 1. The van der Waals surface area contributed by atoms with Gasteiger partial charge in [0.1, 0.15) is 0 Å². The van der Waals surface area contributed by atoms with Crippen molar-refractivity contribution in [3.8, 4) is 11.3 Å². The van der Waals surface area contributed by atoms with E-state index in [1.54, 1.807) is 18.6 Å².